The van der Waals surface area contributed by atoms with Crippen LogP contribution in [0.1, 0.15) is 50.6 Å². The van der Waals surface area contributed by atoms with Crippen LogP contribution in [0.3, 0.4) is 0 Å². The van der Waals surface area contributed by atoms with Gasteiger partial charge < -0.3 is 5.73 Å². The van der Waals surface area contributed by atoms with Crippen molar-refractivity contribution in [3.63, 3.8) is 0 Å². The van der Waals surface area contributed by atoms with Gasteiger partial charge in [0.15, 0.2) is 0 Å². The first kappa shape index (κ1) is 14.2. The van der Waals surface area contributed by atoms with E-state index in [4.69, 9.17) is 10.7 Å². The van der Waals surface area contributed by atoms with Crippen LogP contribution < -0.4 is 5.73 Å². The molecule has 0 bridgehead atoms. The van der Waals surface area contributed by atoms with E-state index < -0.39 is 0 Å². The van der Waals surface area contributed by atoms with Gasteiger partial charge in [-0.25, -0.2) is 4.98 Å². The zero-order valence-corrected chi connectivity index (χ0v) is 12.9. The fourth-order valence-corrected chi connectivity index (χ4v) is 2.84. The average molecular weight is 274 g/mol. The molecule has 2 rings (SSSR count). The summed E-state index contributed by atoms with van der Waals surface area (Å²) in [7, 11) is 0. The summed E-state index contributed by atoms with van der Waals surface area (Å²) in [5, 5.41) is 3.11. The molecule has 0 aliphatic rings. The summed E-state index contributed by atoms with van der Waals surface area (Å²) in [5.41, 5.74) is 9.47. The Kier molecular flexibility index (Phi) is 4.07. The molecule has 2 nitrogen and oxygen atoms in total. The number of nitrogens with zero attached hydrogens (tertiary/aromatic N) is 1. The van der Waals surface area contributed by atoms with Crippen LogP contribution in [0.4, 0.5) is 0 Å². The van der Waals surface area contributed by atoms with Gasteiger partial charge in [-0.1, -0.05) is 45.0 Å². The highest BCUT2D eigenvalue weighted by atomic mass is 32.1. The van der Waals surface area contributed by atoms with Gasteiger partial charge in [0.05, 0.1) is 11.2 Å². The largest absolute Gasteiger partial charge is 0.320 e. The predicted octanol–water partition coefficient (Wildman–Crippen LogP) is 4.52. The Morgan fingerprint density at radius 3 is 2.42 bits per heavy atom. The van der Waals surface area contributed by atoms with E-state index in [1.165, 1.54) is 11.1 Å². The quantitative estimate of drug-likeness (QED) is 0.890. The smallest absolute Gasteiger partial charge is 0.113 e. The SMILES string of the molecule is CCC(C)(N)c1nc(-c2ccc(C(C)C)cc2)cs1. The molecule has 102 valence electrons. The Hall–Kier alpha value is -1.19. The minimum Gasteiger partial charge on any atom is -0.320 e. The van der Waals surface area contributed by atoms with Gasteiger partial charge in [-0.3, -0.25) is 0 Å². The summed E-state index contributed by atoms with van der Waals surface area (Å²) in [4.78, 5) is 4.69. The van der Waals surface area contributed by atoms with Crippen molar-refractivity contribution in [2.45, 2.75) is 45.6 Å². The number of aromatic nitrogens is 1. The van der Waals surface area contributed by atoms with Crippen molar-refractivity contribution in [3.05, 3.63) is 40.2 Å². The monoisotopic (exact) mass is 274 g/mol. The fraction of sp³-hybridized carbons (Fsp3) is 0.438. The molecule has 1 atom stereocenters. The van der Waals surface area contributed by atoms with E-state index in [1.54, 1.807) is 11.3 Å². The standard InChI is InChI=1S/C16H22N2S/c1-5-16(4,17)15-18-14(10-19-15)13-8-6-12(7-9-13)11(2)3/h6-11H,5,17H2,1-4H3. The zero-order chi connectivity index (χ0) is 14.0. The second-order valence-electron chi connectivity index (χ2n) is 5.59. The summed E-state index contributed by atoms with van der Waals surface area (Å²) >= 11 is 1.65. The number of nitrogens with two attached hydrogens (primary N) is 1. The van der Waals surface area contributed by atoms with Gasteiger partial charge in [-0.05, 0) is 24.8 Å². The van der Waals surface area contributed by atoms with Crippen LogP contribution in [0.2, 0.25) is 0 Å². The van der Waals surface area contributed by atoms with Crippen molar-refractivity contribution in [1.82, 2.24) is 4.98 Å². The maximum absolute atomic E-state index is 6.24. The van der Waals surface area contributed by atoms with Gasteiger partial charge in [0.2, 0.25) is 0 Å². The van der Waals surface area contributed by atoms with E-state index in [9.17, 15) is 0 Å². The van der Waals surface area contributed by atoms with Gasteiger partial charge in [-0.2, -0.15) is 0 Å². The van der Waals surface area contributed by atoms with E-state index in [0.717, 1.165) is 17.1 Å². The van der Waals surface area contributed by atoms with Crippen LogP contribution in [-0.4, -0.2) is 4.98 Å². The molecular formula is C16H22N2S. The lowest BCUT2D eigenvalue weighted by Gasteiger charge is -2.18. The molecule has 0 saturated carbocycles. The molecule has 0 aliphatic heterocycles. The number of hydrogen-bond acceptors (Lipinski definition) is 3. The van der Waals surface area contributed by atoms with Crippen LogP contribution in [0, 0.1) is 0 Å². The molecule has 2 N–H and O–H groups in total. The molecule has 3 heteroatoms. The van der Waals surface area contributed by atoms with Crippen LogP contribution in [0.25, 0.3) is 11.3 Å². The van der Waals surface area contributed by atoms with E-state index in [-0.39, 0.29) is 5.54 Å². The molecule has 0 saturated heterocycles. The van der Waals surface area contributed by atoms with E-state index in [0.29, 0.717) is 5.92 Å². The maximum Gasteiger partial charge on any atom is 0.113 e. The fourth-order valence-electron chi connectivity index (χ4n) is 1.86. The topological polar surface area (TPSA) is 38.9 Å². The predicted molar refractivity (Wildman–Crippen MR) is 83.5 cm³/mol. The molecule has 0 radical (unpaired) electrons. The van der Waals surface area contributed by atoms with Crippen molar-refractivity contribution in [3.8, 4) is 11.3 Å². The third kappa shape index (κ3) is 3.04. The first-order chi connectivity index (χ1) is 8.94. The number of benzene rings is 1. The molecule has 1 aromatic heterocycles. The molecule has 0 fully saturated rings. The van der Waals surface area contributed by atoms with Gasteiger partial charge >= 0.3 is 0 Å². The summed E-state index contributed by atoms with van der Waals surface area (Å²) in [6.45, 7) is 8.55. The van der Waals surface area contributed by atoms with Crippen molar-refractivity contribution in [2.24, 2.45) is 5.73 Å². The number of thiazole rings is 1. The second kappa shape index (κ2) is 5.43. The lowest BCUT2D eigenvalue weighted by Crippen LogP contribution is -2.31. The molecule has 0 aliphatic carbocycles. The van der Waals surface area contributed by atoms with Crippen molar-refractivity contribution < 1.29 is 0 Å². The number of hydrogen-bond donors (Lipinski definition) is 1. The van der Waals surface area contributed by atoms with Crippen molar-refractivity contribution in [2.75, 3.05) is 0 Å². The van der Waals surface area contributed by atoms with Crippen LogP contribution in [-0.2, 0) is 5.54 Å². The van der Waals surface area contributed by atoms with E-state index in [1.807, 2.05) is 6.92 Å². The summed E-state index contributed by atoms with van der Waals surface area (Å²) < 4.78 is 0. The third-order valence-corrected chi connectivity index (χ3v) is 4.72. The first-order valence-electron chi connectivity index (χ1n) is 6.79. The van der Waals surface area contributed by atoms with Gasteiger partial charge in [0.1, 0.15) is 5.01 Å². The zero-order valence-electron chi connectivity index (χ0n) is 12.1. The number of rotatable bonds is 4. The van der Waals surface area contributed by atoms with E-state index >= 15 is 0 Å². The highest BCUT2D eigenvalue weighted by Gasteiger charge is 2.22. The molecule has 0 amide bonds. The first-order valence-corrected chi connectivity index (χ1v) is 7.67. The lowest BCUT2D eigenvalue weighted by atomic mass is 10.0. The molecule has 1 aromatic carbocycles. The highest BCUT2D eigenvalue weighted by molar-refractivity contribution is 7.10. The van der Waals surface area contributed by atoms with Gasteiger partial charge in [-0.15, -0.1) is 11.3 Å². The average Bonchev–Trinajstić information content (AvgIpc) is 2.89. The van der Waals surface area contributed by atoms with Crippen LogP contribution >= 0.6 is 11.3 Å². The van der Waals surface area contributed by atoms with Crippen LogP contribution in [0.5, 0.6) is 0 Å². The van der Waals surface area contributed by atoms with Crippen molar-refractivity contribution >= 4 is 11.3 Å². The Morgan fingerprint density at radius 2 is 1.89 bits per heavy atom. The van der Waals surface area contributed by atoms with Crippen molar-refractivity contribution in [1.29, 1.82) is 0 Å². The highest BCUT2D eigenvalue weighted by Crippen LogP contribution is 2.29. The Labute approximate surface area is 119 Å². The Morgan fingerprint density at radius 1 is 1.26 bits per heavy atom. The summed E-state index contributed by atoms with van der Waals surface area (Å²) in [6.07, 6.45) is 0.895. The van der Waals surface area contributed by atoms with Crippen LogP contribution in [0.15, 0.2) is 29.6 Å². The molecule has 2 aromatic rings. The summed E-state index contributed by atoms with van der Waals surface area (Å²) in [6, 6.07) is 8.66. The van der Waals surface area contributed by atoms with E-state index in [2.05, 4.69) is 50.4 Å². The molecule has 19 heavy (non-hydrogen) atoms. The summed E-state index contributed by atoms with van der Waals surface area (Å²) in [5.74, 6) is 0.562. The van der Waals surface area contributed by atoms with Gasteiger partial charge in [0.25, 0.3) is 0 Å². The lowest BCUT2D eigenvalue weighted by molar-refractivity contribution is 0.474. The third-order valence-electron chi connectivity index (χ3n) is 3.60. The Bertz CT molecular complexity index is 538. The second-order valence-corrected chi connectivity index (χ2v) is 6.44. The maximum atomic E-state index is 6.24. The Balaban J connectivity index is 2.28. The minimum atomic E-state index is -0.319. The molecule has 1 unspecified atom stereocenters. The van der Waals surface area contributed by atoms with Gasteiger partial charge in [0, 0.05) is 10.9 Å². The normalized spacial score (nSPS) is 14.6. The molecule has 1 heterocycles. The minimum absolute atomic E-state index is 0.319. The molecular weight excluding hydrogens is 252 g/mol. The molecule has 0 spiro atoms.